The maximum Gasteiger partial charge on any atom is 0.227 e. The summed E-state index contributed by atoms with van der Waals surface area (Å²) in [4.78, 5) is 30.5. The molecule has 1 saturated heterocycles. The summed E-state index contributed by atoms with van der Waals surface area (Å²) in [6.45, 7) is 2.62. The van der Waals surface area contributed by atoms with Crippen LogP contribution in [0.15, 0.2) is 22.7 Å². The SMILES string of the molecule is CCc1noc(CCCC(=O)Nc2ccc(OC)c(N3CCCCC3=O)c2)n1. The Labute approximate surface area is 164 Å². The number of nitrogens with one attached hydrogen (secondary N) is 1. The number of methoxy groups -OCH3 is 1. The molecule has 1 aromatic heterocycles. The first-order valence-electron chi connectivity index (χ1n) is 9.70. The number of amides is 2. The molecule has 1 aliphatic rings. The van der Waals surface area contributed by atoms with Crippen LogP contribution in [0.1, 0.15) is 50.7 Å². The first-order chi connectivity index (χ1) is 13.6. The van der Waals surface area contributed by atoms with Gasteiger partial charge in [0.2, 0.25) is 17.7 Å². The van der Waals surface area contributed by atoms with E-state index in [0.717, 1.165) is 19.3 Å². The topological polar surface area (TPSA) is 97.6 Å². The van der Waals surface area contributed by atoms with Gasteiger partial charge < -0.3 is 19.5 Å². The molecule has 0 spiro atoms. The number of carbonyl (C=O) groups excluding carboxylic acids is 2. The van der Waals surface area contributed by atoms with Gasteiger partial charge in [-0.25, -0.2) is 0 Å². The molecule has 2 heterocycles. The largest absolute Gasteiger partial charge is 0.495 e. The number of ether oxygens (including phenoxy) is 1. The summed E-state index contributed by atoms with van der Waals surface area (Å²) in [5.74, 6) is 1.84. The Morgan fingerprint density at radius 2 is 2.21 bits per heavy atom. The van der Waals surface area contributed by atoms with Crippen LogP contribution in [0.5, 0.6) is 5.75 Å². The first-order valence-corrected chi connectivity index (χ1v) is 9.70. The van der Waals surface area contributed by atoms with Gasteiger partial charge in [0.1, 0.15) is 5.75 Å². The fourth-order valence-electron chi connectivity index (χ4n) is 3.20. The number of carbonyl (C=O) groups is 2. The number of nitrogens with zero attached hydrogens (tertiary/aromatic N) is 3. The van der Waals surface area contributed by atoms with Crippen molar-refractivity contribution in [3.05, 3.63) is 29.9 Å². The van der Waals surface area contributed by atoms with Gasteiger partial charge in [-0.05, 0) is 37.5 Å². The van der Waals surface area contributed by atoms with Gasteiger partial charge in [0, 0.05) is 37.9 Å². The van der Waals surface area contributed by atoms with Crippen LogP contribution in [0.3, 0.4) is 0 Å². The van der Waals surface area contributed by atoms with Crippen molar-refractivity contribution >= 4 is 23.2 Å². The Bertz CT molecular complexity index is 833. The molecule has 2 amide bonds. The molecule has 150 valence electrons. The zero-order valence-electron chi connectivity index (χ0n) is 16.4. The zero-order chi connectivity index (χ0) is 19.9. The van der Waals surface area contributed by atoms with Crippen LogP contribution < -0.4 is 15.0 Å². The third-order valence-corrected chi connectivity index (χ3v) is 4.70. The zero-order valence-corrected chi connectivity index (χ0v) is 16.4. The first kappa shape index (κ1) is 19.9. The molecule has 1 aliphatic heterocycles. The molecule has 1 fully saturated rings. The molecule has 2 aromatic rings. The number of aromatic nitrogens is 2. The van der Waals surface area contributed by atoms with Crippen molar-refractivity contribution in [1.29, 1.82) is 0 Å². The quantitative estimate of drug-likeness (QED) is 0.749. The van der Waals surface area contributed by atoms with Crippen LogP contribution >= 0.6 is 0 Å². The van der Waals surface area contributed by atoms with Crippen LogP contribution in [0.4, 0.5) is 11.4 Å². The van der Waals surface area contributed by atoms with Crippen molar-refractivity contribution < 1.29 is 18.8 Å². The Morgan fingerprint density at radius 1 is 1.36 bits per heavy atom. The summed E-state index contributed by atoms with van der Waals surface area (Å²) in [5, 5.41) is 6.74. The number of aryl methyl sites for hydroxylation is 2. The molecule has 8 nitrogen and oxygen atoms in total. The highest BCUT2D eigenvalue weighted by Crippen LogP contribution is 2.33. The summed E-state index contributed by atoms with van der Waals surface area (Å²) < 4.78 is 10.5. The predicted molar refractivity (Wildman–Crippen MR) is 104 cm³/mol. The third-order valence-electron chi connectivity index (χ3n) is 4.70. The van der Waals surface area contributed by atoms with Crippen LogP contribution in [0.2, 0.25) is 0 Å². The summed E-state index contributed by atoms with van der Waals surface area (Å²) >= 11 is 0. The lowest BCUT2D eigenvalue weighted by Gasteiger charge is -2.28. The van der Waals surface area contributed by atoms with E-state index in [-0.39, 0.29) is 11.8 Å². The van der Waals surface area contributed by atoms with Gasteiger partial charge in [0.05, 0.1) is 12.8 Å². The van der Waals surface area contributed by atoms with E-state index in [1.165, 1.54) is 0 Å². The second-order valence-corrected chi connectivity index (χ2v) is 6.75. The van der Waals surface area contributed by atoms with Crippen LogP contribution in [-0.4, -0.2) is 35.6 Å². The van der Waals surface area contributed by atoms with Crippen molar-refractivity contribution in [2.75, 3.05) is 23.9 Å². The molecule has 0 bridgehead atoms. The van der Waals surface area contributed by atoms with Crippen LogP contribution in [0, 0.1) is 0 Å². The van der Waals surface area contributed by atoms with Crippen molar-refractivity contribution in [1.82, 2.24) is 10.1 Å². The number of anilines is 2. The molecular formula is C20H26N4O4. The smallest absolute Gasteiger partial charge is 0.227 e. The van der Waals surface area contributed by atoms with E-state index < -0.39 is 0 Å². The maximum absolute atomic E-state index is 12.3. The predicted octanol–water partition coefficient (Wildman–Crippen LogP) is 3.12. The summed E-state index contributed by atoms with van der Waals surface area (Å²) in [7, 11) is 1.58. The number of rotatable bonds is 8. The van der Waals surface area contributed by atoms with Gasteiger partial charge in [0.15, 0.2) is 5.82 Å². The fraction of sp³-hybridized carbons (Fsp3) is 0.500. The van der Waals surface area contributed by atoms with E-state index in [1.54, 1.807) is 30.2 Å². The van der Waals surface area contributed by atoms with Gasteiger partial charge in [-0.15, -0.1) is 0 Å². The lowest BCUT2D eigenvalue weighted by atomic mass is 10.1. The summed E-state index contributed by atoms with van der Waals surface area (Å²) in [6, 6.07) is 5.35. The minimum Gasteiger partial charge on any atom is -0.495 e. The Kier molecular flexibility index (Phi) is 6.62. The minimum atomic E-state index is -0.101. The molecule has 3 rings (SSSR count). The van der Waals surface area contributed by atoms with E-state index >= 15 is 0 Å². The molecule has 0 aliphatic carbocycles. The molecular weight excluding hydrogens is 360 g/mol. The van der Waals surface area contributed by atoms with Gasteiger partial charge >= 0.3 is 0 Å². The molecule has 8 heteroatoms. The third kappa shape index (κ3) is 4.88. The average Bonchev–Trinajstić information content (AvgIpc) is 3.16. The maximum atomic E-state index is 12.3. The highest BCUT2D eigenvalue weighted by atomic mass is 16.5. The van der Waals surface area contributed by atoms with Crippen LogP contribution in [-0.2, 0) is 22.4 Å². The van der Waals surface area contributed by atoms with Gasteiger partial charge in [0.25, 0.3) is 0 Å². The van der Waals surface area contributed by atoms with E-state index in [2.05, 4.69) is 15.5 Å². The number of hydrogen-bond donors (Lipinski definition) is 1. The molecule has 1 N–H and O–H groups in total. The monoisotopic (exact) mass is 386 g/mol. The standard InChI is InChI=1S/C20H26N4O4/c1-3-17-22-19(28-23-17)8-6-7-18(25)21-14-10-11-16(27-2)15(13-14)24-12-5-4-9-20(24)26/h10-11,13H,3-9,12H2,1-2H3,(H,21,25). The van der Waals surface area contributed by atoms with E-state index in [4.69, 9.17) is 9.26 Å². The number of hydrogen-bond acceptors (Lipinski definition) is 6. The van der Waals surface area contributed by atoms with Gasteiger partial charge in [-0.2, -0.15) is 4.98 Å². The lowest BCUT2D eigenvalue weighted by molar-refractivity contribution is -0.119. The number of benzene rings is 1. The fourth-order valence-corrected chi connectivity index (χ4v) is 3.20. The average molecular weight is 386 g/mol. The number of piperidine rings is 1. The molecule has 0 atom stereocenters. The van der Waals surface area contributed by atoms with E-state index in [1.807, 2.05) is 6.92 Å². The highest BCUT2D eigenvalue weighted by Gasteiger charge is 2.23. The Hall–Kier alpha value is -2.90. The molecule has 0 radical (unpaired) electrons. The Morgan fingerprint density at radius 3 is 2.93 bits per heavy atom. The van der Waals surface area contributed by atoms with Crippen molar-refractivity contribution in [3.8, 4) is 5.75 Å². The molecule has 28 heavy (non-hydrogen) atoms. The molecule has 0 saturated carbocycles. The van der Waals surface area contributed by atoms with Gasteiger partial charge in [-0.1, -0.05) is 12.1 Å². The second-order valence-electron chi connectivity index (χ2n) is 6.75. The highest BCUT2D eigenvalue weighted by molar-refractivity contribution is 5.97. The minimum absolute atomic E-state index is 0.0824. The molecule has 0 unspecified atom stereocenters. The Balaban J connectivity index is 1.59. The van der Waals surface area contributed by atoms with Crippen LogP contribution in [0.25, 0.3) is 0 Å². The molecule has 1 aromatic carbocycles. The van der Waals surface area contributed by atoms with Crippen molar-refractivity contribution in [2.24, 2.45) is 0 Å². The second kappa shape index (κ2) is 9.34. The lowest BCUT2D eigenvalue weighted by Crippen LogP contribution is -2.35. The summed E-state index contributed by atoms with van der Waals surface area (Å²) in [5.41, 5.74) is 1.34. The summed E-state index contributed by atoms with van der Waals surface area (Å²) in [6.07, 6.45) is 4.66. The van der Waals surface area contributed by atoms with Gasteiger partial charge in [-0.3, -0.25) is 9.59 Å². The van der Waals surface area contributed by atoms with E-state index in [0.29, 0.717) is 61.1 Å². The van der Waals surface area contributed by atoms with E-state index in [9.17, 15) is 9.59 Å². The van der Waals surface area contributed by atoms with Crippen molar-refractivity contribution in [3.63, 3.8) is 0 Å². The normalized spacial score (nSPS) is 14.2. The van der Waals surface area contributed by atoms with Crippen molar-refractivity contribution in [2.45, 2.75) is 51.9 Å².